The maximum absolute atomic E-state index is 12.3. The molecular weight excluding hydrogens is 365 g/mol. The highest BCUT2D eigenvalue weighted by atomic mass is 32.2. The highest BCUT2D eigenvalue weighted by Gasteiger charge is 2.32. The first-order valence-electron chi connectivity index (χ1n) is 8.31. The van der Waals surface area contributed by atoms with Crippen molar-refractivity contribution >= 4 is 17.7 Å². The first-order chi connectivity index (χ1) is 12.3. The van der Waals surface area contributed by atoms with Crippen molar-refractivity contribution < 1.29 is 18.0 Å². The minimum atomic E-state index is -4.42. The maximum Gasteiger partial charge on any atom is 0.405 e. The fourth-order valence-corrected chi connectivity index (χ4v) is 3.37. The lowest BCUT2D eigenvalue weighted by Crippen LogP contribution is -2.38. The lowest BCUT2D eigenvalue weighted by atomic mass is 10.2. The van der Waals surface area contributed by atoms with E-state index >= 15 is 0 Å². The number of hydrogen-bond acceptors (Lipinski definition) is 4. The number of aromatic nitrogens is 3. The summed E-state index contributed by atoms with van der Waals surface area (Å²) in [5.41, 5.74) is 1.07. The number of rotatable bonds is 7. The van der Waals surface area contributed by atoms with Crippen LogP contribution in [0.25, 0.3) is 0 Å². The Kier molecular flexibility index (Phi) is 5.55. The highest BCUT2D eigenvalue weighted by molar-refractivity contribution is 8.00. The van der Waals surface area contributed by atoms with Gasteiger partial charge in [0.25, 0.3) is 0 Å². The second-order valence-electron chi connectivity index (χ2n) is 6.28. The van der Waals surface area contributed by atoms with Crippen molar-refractivity contribution in [2.75, 3.05) is 6.54 Å². The van der Waals surface area contributed by atoms with Crippen molar-refractivity contribution in [1.82, 2.24) is 20.1 Å². The molecule has 140 valence electrons. The monoisotopic (exact) mass is 384 g/mol. The van der Waals surface area contributed by atoms with E-state index in [1.54, 1.807) is 6.92 Å². The van der Waals surface area contributed by atoms with E-state index in [-0.39, 0.29) is 0 Å². The number of carbonyl (C=O) groups excluding carboxylic acids is 1. The number of carbonyl (C=O) groups is 1. The number of benzene rings is 1. The van der Waals surface area contributed by atoms with Gasteiger partial charge in [-0.2, -0.15) is 13.2 Å². The van der Waals surface area contributed by atoms with Crippen molar-refractivity contribution in [3.05, 3.63) is 41.7 Å². The molecule has 1 unspecified atom stereocenters. The summed E-state index contributed by atoms with van der Waals surface area (Å²) in [6.45, 7) is 0.800. The van der Waals surface area contributed by atoms with Crippen LogP contribution in [0.4, 0.5) is 13.2 Å². The molecule has 26 heavy (non-hydrogen) atoms. The Balaban J connectivity index is 1.72. The van der Waals surface area contributed by atoms with Gasteiger partial charge in [0.1, 0.15) is 12.4 Å². The van der Waals surface area contributed by atoms with Crippen molar-refractivity contribution in [1.29, 1.82) is 0 Å². The van der Waals surface area contributed by atoms with E-state index in [0.717, 1.165) is 36.0 Å². The number of hydrogen-bond donors (Lipinski definition) is 1. The van der Waals surface area contributed by atoms with Gasteiger partial charge in [-0.1, -0.05) is 42.1 Å². The Labute approximate surface area is 153 Å². The molecule has 1 atom stereocenters. The molecule has 1 N–H and O–H groups in total. The molecule has 1 aromatic carbocycles. The number of nitrogens with one attached hydrogen (secondary N) is 1. The molecule has 1 saturated carbocycles. The average molecular weight is 384 g/mol. The van der Waals surface area contributed by atoms with Gasteiger partial charge >= 0.3 is 6.18 Å². The van der Waals surface area contributed by atoms with Gasteiger partial charge in [-0.3, -0.25) is 4.79 Å². The van der Waals surface area contributed by atoms with E-state index in [9.17, 15) is 18.0 Å². The zero-order valence-electron chi connectivity index (χ0n) is 14.2. The van der Waals surface area contributed by atoms with Gasteiger partial charge in [-0.25, -0.2) is 0 Å². The van der Waals surface area contributed by atoms with Gasteiger partial charge in [-0.15, -0.1) is 10.2 Å². The Morgan fingerprint density at radius 3 is 2.62 bits per heavy atom. The van der Waals surface area contributed by atoms with E-state index in [2.05, 4.69) is 10.2 Å². The van der Waals surface area contributed by atoms with Crippen LogP contribution in [-0.4, -0.2) is 38.6 Å². The third-order valence-electron chi connectivity index (χ3n) is 3.99. The molecule has 9 heteroatoms. The number of halogens is 3. The third-order valence-corrected chi connectivity index (χ3v) is 5.07. The summed E-state index contributed by atoms with van der Waals surface area (Å²) in [7, 11) is 0. The summed E-state index contributed by atoms with van der Waals surface area (Å²) in [6.07, 6.45) is -2.31. The van der Waals surface area contributed by atoms with E-state index in [1.165, 1.54) is 0 Å². The first-order valence-corrected chi connectivity index (χ1v) is 9.19. The SMILES string of the molecule is CC(Sc1nnc(C2CC2)n1Cc1ccccc1)C(=O)NCC(F)(F)F. The van der Waals surface area contributed by atoms with Crippen molar-refractivity contribution in [2.45, 2.75) is 48.8 Å². The summed E-state index contributed by atoms with van der Waals surface area (Å²) in [4.78, 5) is 11.9. The minimum absolute atomic E-state index is 0.370. The van der Waals surface area contributed by atoms with E-state index < -0.39 is 23.9 Å². The van der Waals surface area contributed by atoms with Gasteiger partial charge in [0, 0.05) is 5.92 Å². The molecule has 3 rings (SSSR count). The van der Waals surface area contributed by atoms with Crippen LogP contribution in [0.5, 0.6) is 0 Å². The molecule has 1 fully saturated rings. The lowest BCUT2D eigenvalue weighted by molar-refractivity contribution is -0.137. The molecule has 1 aliphatic carbocycles. The summed E-state index contributed by atoms with van der Waals surface area (Å²) in [5, 5.41) is 10.2. The van der Waals surface area contributed by atoms with Crippen LogP contribution in [0, 0.1) is 0 Å². The van der Waals surface area contributed by atoms with Crippen LogP contribution in [-0.2, 0) is 11.3 Å². The molecule has 1 aromatic heterocycles. The maximum atomic E-state index is 12.3. The van der Waals surface area contributed by atoms with Gasteiger partial charge < -0.3 is 9.88 Å². The van der Waals surface area contributed by atoms with Crippen LogP contribution in [0.2, 0.25) is 0 Å². The average Bonchev–Trinajstić information content (AvgIpc) is 3.37. The number of thioether (sulfide) groups is 1. The molecule has 0 aliphatic heterocycles. The van der Waals surface area contributed by atoms with Gasteiger partial charge in [0.2, 0.25) is 5.91 Å². The molecule has 5 nitrogen and oxygen atoms in total. The molecule has 2 aromatic rings. The van der Waals surface area contributed by atoms with Crippen LogP contribution < -0.4 is 5.32 Å². The van der Waals surface area contributed by atoms with Crippen molar-refractivity contribution in [3.8, 4) is 0 Å². The zero-order chi connectivity index (χ0) is 18.7. The summed E-state index contributed by atoms with van der Waals surface area (Å²) >= 11 is 1.12. The quantitative estimate of drug-likeness (QED) is 0.744. The van der Waals surface area contributed by atoms with Gasteiger partial charge in [-0.05, 0) is 25.3 Å². The number of amides is 1. The summed E-state index contributed by atoms with van der Waals surface area (Å²) < 4.78 is 38.8. The third kappa shape index (κ3) is 5.00. The molecule has 0 saturated heterocycles. The Bertz CT molecular complexity index is 759. The second kappa shape index (κ2) is 7.69. The Morgan fingerprint density at radius 2 is 2.00 bits per heavy atom. The predicted molar refractivity (Wildman–Crippen MR) is 91.9 cm³/mol. The molecule has 0 radical (unpaired) electrons. The normalized spacial score (nSPS) is 15.7. The van der Waals surface area contributed by atoms with Crippen LogP contribution in [0.15, 0.2) is 35.5 Å². The van der Waals surface area contributed by atoms with Gasteiger partial charge in [0.05, 0.1) is 11.8 Å². The van der Waals surface area contributed by atoms with Crippen LogP contribution in [0.3, 0.4) is 0 Å². The zero-order valence-corrected chi connectivity index (χ0v) is 15.0. The predicted octanol–water partition coefficient (Wildman–Crippen LogP) is 3.36. The fourth-order valence-electron chi connectivity index (χ4n) is 2.49. The summed E-state index contributed by atoms with van der Waals surface area (Å²) in [6, 6.07) is 9.79. The smallest absolute Gasteiger partial charge is 0.346 e. The molecule has 0 spiro atoms. The molecule has 1 heterocycles. The van der Waals surface area contributed by atoms with E-state index in [4.69, 9.17) is 0 Å². The molecule has 0 bridgehead atoms. The molecular formula is C17H19F3N4OS. The standard InChI is InChI=1S/C17H19F3N4OS/c1-11(15(25)21-10-17(18,19)20)26-16-23-22-14(13-7-8-13)24(16)9-12-5-3-2-4-6-12/h2-6,11,13H,7-10H2,1H3,(H,21,25). The largest absolute Gasteiger partial charge is 0.405 e. The first kappa shape index (κ1) is 18.8. The molecule has 1 amide bonds. The number of alkyl halides is 3. The summed E-state index contributed by atoms with van der Waals surface area (Å²) in [5.74, 6) is 0.573. The van der Waals surface area contributed by atoms with E-state index in [0.29, 0.717) is 17.6 Å². The van der Waals surface area contributed by atoms with E-state index in [1.807, 2.05) is 40.2 Å². The second-order valence-corrected chi connectivity index (χ2v) is 7.59. The van der Waals surface area contributed by atoms with Crippen LogP contribution in [0.1, 0.15) is 37.1 Å². The fraction of sp³-hybridized carbons (Fsp3) is 0.471. The van der Waals surface area contributed by atoms with Crippen LogP contribution >= 0.6 is 11.8 Å². The Hall–Kier alpha value is -2.03. The van der Waals surface area contributed by atoms with Crippen molar-refractivity contribution in [3.63, 3.8) is 0 Å². The number of nitrogens with zero attached hydrogens (tertiary/aromatic N) is 3. The van der Waals surface area contributed by atoms with Gasteiger partial charge in [0.15, 0.2) is 5.16 Å². The highest BCUT2D eigenvalue weighted by Crippen LogP contribution is 2.40. The van der Waals surface area contributed by atoms with Crippen molar-refractivity contribution in [2.24, 2.45) is 0 Å². The lowest BCUT2D eigenvalue weighted by Gasteiger charge is -2.14. The Morgan fingerprint density at radius 1 is 1.31 bits per heavy atom. The topological polar surface area (TPSA) is 59.8 Å². The minimum Gasteiger partial charge on any atom is -0.346 e. The molecule has 1 aliphatic rings.